The average Bonchev–Trinajstić information content (AvgIpc) is 3.40. The van der Waals surface area contributed by atoms with Crippen LogP contribution < -0.4 is 0 Å². The third-order valence-corrected chi connectivity index (χ3v) is 7.31. The minimum atomic E-state index is -0.408. The summed E-state index contributed by atoms with van der Waals surface area (Å²) in [5.41, 5.74) is 0. The maximum Gasteiger partial charge on any atom is 0.463 e. The van der Waals surface area contributed by atoms with E-state index in [1.807, 2.05) is 0 Å². The van der Waals surface area contributed by atoms with Crippen molar-refractivity contribution in [3.8, 4) is 0 Å². The van der Waals surface area contributed by atoms with Crippen LogP contribution in [0.25, 0.3) is 0 Å². The molecule has 5 aliphatic rings. The first-order valence-corrected chi connectivity index (χ1v) is 11.8. The van der Waals surface area contributed by atoms with Crippen molar-refractivity contribution in [2.24, 2.45) is 0 Å². The molecule has 0 bridgehead atoms. The molecule has 3 heterocycles. The molecule has 0 aromatic rings. The summed E-state index contributed by atoms with van der Waals surface area (Å²) in [5, 5.41) is -0.114. The predicted molar refractivity (Wildman–Crippen MR) is 108 cm³/mol. The summed E-state index contributed by atoms with van der Waals surface area (Å²) < 4.78 is 38.5. The molecular formula is C22H37BO6. The lowest BCUT2D eigenvalue weighted by Crippen LogP contribution is -2.46. The Kier molecular flexibility index (Phi) is 5.54. The fourth-order valence-electron chi connectivity index (χ4n) is 5.66. The summed E-state index contributed by atoms with van der Waals surface area (Å²) >= 11 is 0. The summed E-state index contributed by atoms with van der Waals surface area (Å²) in [6, 6.07) is 0. The number of hydrogen-bond donors (Lipinski definition) is 0. The molecule has 5 rings (SSSR count). The van der Waals surface area contributed by atoms with Crippen LogP contribution in [0.3, 0.4) is 0 Å². The lowest BCUT2D eigenvalue weighted by molar-refractivity contribution is -0.206. The van der Waals surface area contributed by atoms with E-state index in [0.717, 1.165) is 25.7 Å². The van der Waals surface area contributed by atoms with Crippen LogP contribution in [-0.4, -0.2) is 56.3 Å². The van der Waals surface area contributed by atoms with E-state index in [4.69, 9.17) is 28.3 Å². The van der Waals surface area contributed by atoms with Crippen LogP contribution in [0.1, 0.15) is 85.0 Å². The van der Waals surface area contributed by atoms with Crippen molar-refractivity contribution >= 4 is 7.12 Å². The van der Waals surface area contributed by atoms with E-state index in [1.54, 1.807) is 0 Å². The van der Waals surface area contributed by atoms with Crippen molar-refractivity contribution in [3.63, 3.8) is 0 Å². The molecule has 6 nitrogen and oxygen atoms in total. The molecule has 0 aromatic carbocycles. The first kappa shape index (κ1) is 20.7. The fourth-order valence-corrected chi connectivity index (χ4v) is 5.66. The van der Waals surface area contributed by atoms with Gasteiger partial charge in [0.15, 0.2) is 11.6 Å². The van der Waals surface area contributed by atoms with Crippen molar-refractivity contribution in [2.45, 2.75) is 126 Å². The molecular weight excluding hydrogens is 371 g/mol. The van der Waals surface area contributed by atoms with Gasteiger partial charge in [-0.1, -0.05) is 33.6 Å². The predicted octanol–water partition coefficient (Wildman–Crippen LogP) is 4.21. The van der Waals surface area contributed by atoms with Gasteiger partial charge in [-0.2, -0.15) is 0 Å². The van der Waals surface area contributed by atoms with E-state index in [9.17, 15) is 0 Å². The first-order chi connectivity index (χ1) is 13.9. The van der Waals surface area contributed by atoms with E-state index >= 15 is 0 Å². The molecule has 5 fully saturated rings. The van der Waals surface area contributed by atoms with Gasteiger partial charge in [0, 0.05) is 25.7 Å². The van der Waals surface area contributed by atoms with Crippen molar-refractivity contribution in [3.05, 3.63) is 0 Å². The van der Waals surface area contributed by atoms with Gasteiger partial charge in [0.1, 0.15) is 12.2 Å². The van der Waals surface area contributed by atoms with E-state index < -0.39 is 11.6 Å². The standard InChI is InChI=1S/C22H37BO6/c1-20(2,3)23-28-18(16-14-24-21(26-16)10-6-4-7-11-21)19(29-23)17-15-25-22(27-17)12-8-5-9-13-22/h16-19H,4-15H2,1-3H3/t16-,17-,18+,19+/m1/s1. The molecule has 3 saturated heterocycles. The molecule has 2 spiro atoms. The normalized spacial score (nSPS) is 39.6. The van der Waals surface area contributed by atoms with Crippen LogP contribution in [0, 0.1) is 0 Å². The third-order valence-electron chi connectivity index (χ3n) is 7.31. The Morgan fingerprint density at radius 1 is 0.655 bits per heavy atom. The summed E-state index contributed by atoms with van der Waals surface area (Å²) in [7, 11) is -0.282. The lowest BCUT2D eigenvalue weighted by Gasteiger charge is -2.34. The second-order valence-electron chi connectivity index (χ2n) is 10.8. The summed E-state index contributed by atoms with van der Waals surface area (Å²) in [4.78, 5) is 0. The molecule has 0 radical (unpaired) electrons. The van der Waals surface area contributed by atoms with Crippen molar-refractivity contribution < 1.29 is 28.3 Å². The summed E-state index contributed by atoms with van der Waals surface area (Å²) in [6.45, 7) is 7.60. The highest BCUT2D eigenvalue weighted by Gasteiger charge is 2.58. The van der Waals surface area contributed by atoms with E-state index in [2.05, 4.69) is 20.8 Å². The van der Waals surface area contributed by atoms with Crippen LogP contribution in [0.4, 0.5) is 0 Å². The highest BCUT2D eigenvalue weighted by molar-refractivity contribution is 6.49. The highest BCUT2D eigenvalue weighted by atomic mass is 16.8. The Bertz CT molecular complexity index is 536. The SMILES string of the molecule is CC(C)(C)B1O[C@@H]([C@H]2COC3(CCCCC3)O2)[C@H]([C@H]2COC3(CCCCC3)O2)O1. The minimum Gasteiger partial charge on any atom is -0.402 e. The Labute approximate surface area is 175 Å². The van der Waals surface area contributed by atoms with Crippen LogP contribution in [0.15, 0.2) is 0 Å². The van der Waals surface area contributed by atoms with Crippen LogP contribution in [0.5, 0.6) is 0 Å². The third kappa shape index (κ3) is 4.03. The average molecular weight is 408 g/mol. The second-order valence-corrected chi connectivity index (χ2v) is 10.8. The van der Waals surface area contributed by atoms with Gasteiger partial charge in [-0.05, 0) is 31.0 Å². The van der Waals surface area contributed by atoms with Crippen LogP contribution >= 0.6 is 0 Å². The number of ether oxygens (including phenoxy) is 4. The maximum absolute atomic E-state index is 6.54. The molecule has 2 saturated carbocycles. The van der Waals surface area contributed by atoms with Gasteiger partial charge < -0.3 is 28.3 Å². The second kappa shape index (κ2) is 7.75. The highest BCUT2D eigenvalue weighted by Crippen LogP contribution is 2.46. The first-order valence-electron chi connectivity index (χ1n) is 11.8. The molecule has 0 N–H and O–H groups in total. The van der Waals surface area contributed by atoms with Crippen LogP contribution in [0.2, 0.25) is 5.31 Å². The van der Waals surface area contributed by atoms with Gasteiger partial charge in [0.05, 0.1) is 25.4 Å². The largest absolute Gasteiger partial charge is 0.463 e. The van der Waals surface area contributed by atoms with E-state index in [0.29, 0.717) is 13.2 Å². The van der Waals surface area contributed by atoms with E-state index in [-0.39, 0.29) is 36.8 Å². The smallest absolute Gasteiger partial charge is 0.402 e. The fraction of sp³-hybridized carbons (Fsp3) is 1.00. The van der Waals surface area contributed by atoms with Crippen LogP contribution in [-0.2, 0) is 28.3 Å². The minimum absolute atomic E-state index is 0.114. The molecule has 0 aromatic heterocycles. The zero-order valence-electron chi connectivity index (χ0n) is 18.3. The zero-order valence-corrected chi connectivity index (χ0v) is 18.3. The van der Waals surface area contributed by atoms with E-state index in [1.165, 1.54) is 38.5 Å². The Morgan fingerprint density at radius 3 is 1.45 bits per heavy atom. The van der Waals surface area contributed by atoms with Gasteiger partial charge >= 0.3 is 7.12 Å². The summed E-state index contributed by atoms with van der Waals surface area (Å²) in [5.74, 6) is -0.817. The Hall–Kier alpha value is -0.175. The Balaban J connectivity index is 1.32. The molecule has 164 valence electrons. The van der Waals surface area contributed by atoms with Gasteiger partial charge in [-0.15, -0.1) is 0 Å². The lowest BCUT2D eigenvalue weighted by atomic mass is 9.61. The van der Waals surface area contributed by atoms with Gasteiger partial charge in [0.25, 0.3) is 0 Å². The van der Waals surface area contributed by atoms with Crippen molar-refractivity contribution in [2.75, 3.05) is 13.2 Å². The van der Waals surface area contributed by atoms with Crippen molar-refractivity contribution in [1.82, 2.24) is 0 Å². The van der Waals surface area contributed by atoms with Crippen molar-refractivity contribution in [1.29, 1.82) is 0 Å². The number of rotatable bonds is 2. The molecule has 7 heteroatoms. The molecule has 0 amide bonds. The molecule has 29 heavy (non-hydrogen) atoms. The molecule has 4 atom stereocenters. The van der Waals surface area contributed by atoms with Gasteiger partial charge in [-0.3, -0.25) is 0 Å². The van der Waals surface area contributed by atoms with Gasteiger partial charge in [0.2, 0.25) is 0 Å². The van der Waals surface area contributed by atoms with Gasteiger partial charge in [-0.25, -0.2) is 0 Å². The molecule has 3 aliphatic heterocycles. The zero-order chi connectivity index (χ0) is 20.1. The quantitative estimate of drug-likeness (QED) is 0.638. The number of hydrogen-bond acceptors (Lipinski definition) is 6. The monoisotopic (exact) mass is 408 g/mol. The summed E-state index contributed by atoms with van der Waals surface area (Å²) in [6.07, 6.45) is 10.6. The Morgan fingerprint density at radius 2 is 1.07 bits per heavy atom. The molecule has 2 aliphatic carbocycles. The topological polar surface area (TPSA) is 55.4 Å². The molecule has 0 unspecified atom stereocenters. The maximum atomic E-state index is 6.54.